The number of fused-ring (bicyclic) bond motifs is 1. The highest BCUT2D eigenvalue weighted by atomic mass is 79.9. The first-order valence-electron chi connectivity index (χ1n) is 8.90. The molecule has 0 unspecified atom stereocenters. The van der Waals surface area contributed by atoms with Gasteiger partial charge in [0.15, 0.2) is 0 Å². The third-order valence-corrected chi connectivity index (χ3v) is 5.23. The van der Waals surface area contributed by atoms with Crippen molar-refractivity contribution in [1.82, 2.24) is 0 Å². The summed E-state index contributed by atoms with van der Waals surface area (Å²) < 4.78 is 17.7. The summed E-state index contributed by atoms with van der Waals surface area (Å²) in [5, 5.41) is 0.837. The van der Waals surface area contributed by atoms with Crippen molar-refractivity contribution in [3.8, 4) is 17.2 Å². The van der Waals surface area contributed by atoms with Crippen LogP contribution < -0.4 is 14.9 Å². The molecule has 1 aromatic heterocycles. The number of carbonyl (C=O) groups is 1. The maximum atomic E-state index is 12.9. The quantitative estimate of drug-likeness (QED) is 0.243. The monoisotopic (exact) mass is 484 g/mol. The van der Waals surface area contributed by atoms with Gasteiger partial charge in [0.05, 0.1) is 15.4 Å². The van der Waals surface area contributed by atoms with E-state index in [1.54, 1.807) is 43.3 Å². The fraction of sp³-hybridized carbons (Fsp3) is 0.0435. The fourth-order valence-corrected chi connectivity index (χ4v) is 3.33. The van der Waals surface area contributed by atoms with Crippen LogP contribution in [0.15, 0.2) is 80.4 Å². The van der Waals surface area contributed by atoms with Crippen molar-refractivity contribution in [1.29, 1.82) is 0 Å². The van der Waals surface area contributed by atoms with Crippen LogP contribution in [0.1, 0.15) is 16.1 Å². The molecule has 0 amide bonds. The summed E-state index contributed by atoms with van der Waals surface area (Å²) >= 11 is 9.23. The van der Waals surface area contributed by atoms with Crippen LogP contribution in [0.3, 0.4) is 0 Å². The number of hydrogen-bond acceptors (Lipinski definition) is 5. The summed E-state index contributed by atoms with van der Waals surface area (Å²) in [4.78, 5) is 25.2. The molecule has 4 aromatic rings. The van der Waals surface area contributed by atoms with Crippen LogP contribution in [0.4, 0.5) is 0 Å². The van der Waals surface area contributed by atoms with E-state index in [4.69, 9.17) is 25.5 Å². The molecule has 0 bridgehead atoms. The Balaban J connectivity index is 1.65. The minimum absolute atomic E-state index is 0.0975. The first kappa shape index (κ1) is 20.2. The normalized spacial score (nSPS) is 10.8. The Bertz CT molecular complexity index is 1310. The van der Waals surface area contributed by atoms with E-state index in [0.29, 0.717) is 37.5 Å². The molecular weight excluding hydrogens is 472 g/mol. The van der Waals surface area contributed by atoms with Gasteiger partial charge in [-0.3, -0.25) is 4.79 Å². The highest BCUT2D eigenvalue weighted by Crippen LogP contribution is 2.31. The van der Waals surface area contributed by atoms with E-state index in [1.807, 2.05) is 12.1 Å². The lowest BCUT2D eigenvalue weighted by molar-refractivity contribution is 0.0735. The van der Waals surface area contributed by atoms with Crippen molar-refractivity contribution in [2.24, 2.45) is 0 Å². The number of rotatable bonds is 4. The van der Waals surface area contributed by atoms with E-state index in [1.165, 1.54) is 18.2 Å². The van der Waals surface area contributed by atoms with Crippen molar-refractivity contribution < 1.29 is 18.7 Å². The van der Waals surface area contributed by atoms with E-state index in [0.717, 1.165) is 0 Å². The summed E-state index contributed by atoms with van der Waals surface area (Å²) in [5.74, 6) is 0.619. The van der Waals surface area contributed by atoms with Gasteiger partial charge in [-0.25, -0.2) is 4.79 Å². The Morgan fingerprint density at radius 2 is 1.77 bits per heavy atom. The minimum Gasteiger partial charge on any atom is -0.457 e. The molecule has 0 atom stereocenters. The first-order chi connectivity index (χ1) is 14.4. The molecular formula is C23H14BrClO5. The van der Waals surface area contributed by atoms with Gasteiger partial charge in [-0.2, -0.15) is 0 Å². The molecule has 0 radical (unpaired) electrons. The van der Waals surface area contributed by atoms with Gasteiger partial charge in [0.2, 0.25) is 11.2 Å². The van der Waals surface area contributed by atoms with E-state index in [2.05, 4.69) is 15.9 Å². The van der Waals surface area contributed by atoms with E-state index >= 15 is 0 Å². The van der Waals surface area contributed by atoms with Crippen LogP contribution in [0, 0.1) is 6.92 Å². The Morgan fingerprint density at radius 1 is 1.03 bits per heavy atom. The van der Waals surface area contributed by atoms with Crippen LogP contribution in [-0.4, -0.2) is 5.97 Å². The van der Waals surface area contributed by atoms with Crippen LogP contribution in [0.2, 0.25) is 5.02 Å². The molecule has 4 rings (SSSR count). The van der Waals surface area contributed by atoms with Gasteiger partial charge >= 0.3 is 5.97 Å². The third kappa shape index (κ3) is 4.10. The molecule has 0 aliphatic rings. The number of ether oxygens (including phenoxy) is 2. The van der Waals surface area contributed by atoms with Gasteiger partial charge in [-0.15, -0.1) is 0 Å². The summed E-state index contributed by atoms with van der Waals surface area (Å²) in [6, 6.07) is 18.1. The number of esters is 1. The molecule has 30 heavy (non-hydrogen) atoms. The second-order valence-electron chi connectivity index (χ2n) is 6.40. The SMILES string of the molecule is Cc1oc2cc(OC(=O)c3ccc(Cl)cc3)ccc2c(=O)c1Oc1ccccc1Br. The van der Waals surface area contributed by atoms with Crippen molar-refractivity contribution in [2.75, 3.05) is 0 Å². The largest absolute Gasteiger partial charge is 0.457 e. The summed E-state index contributed by atoms with van der Waals surface area (Å²) in [7, 11) is 0. The predicted molar refractivity (Wildman–Crippen MR) is 118 cm³/mol. The molecule has 0 aliphatic heterocycles. The zero-order valence-corrected chi connectivity index (χ0v) is 18.0. The maximum Gasteiger partial charge on any atom is 0.343 e. The van der Waals surface area contributed by atoms with Crippen LogP contribution in [0.25, 0.3) is 11.0 Å². The maximum absolute atomic E-state index is 12.9. The highest BCUT2D eigenvalue weighted by molar-refractivity contribution is 9.10. The minimum atomic E-state index is -0.543. The van der Waals surface area contributed by atoms with Gasteiger partial charge in [-0.05, 0) is 71.4 Å². The van der Waals surface area contributed by atoms with Gasteiger partial charge in [0.25, 0.3) is 0 Å². The summed E-state index contributed by atoms with van der Waals surface area (Å²) in [6.45, 7) is 1.64. The Kier molecular flexibility index (Phi) is 5.61. The number of hydrogen-bond donors (Lipinski definition) is 0. The number of aryl methyl sites for hydroxylation is 1. The topological polar surface area (TPSA) is 65.7 Å². The number of benzene rings is 3. The fourth-order valence-electron chi connectivity index (χ4n) is 2.84. The molecule has 0 saturated carbocycles. The average molecular weight is 486 g/mol. The van der Waals surface area contributed by atoms with Gasteiger partial charge in [-0.1, -0.05) is 23.7 Å². The molecule has 5 nitrogen and oxygen atoms in total. The third-order valence-electron chi connectivity index (χ3n) is 4.33. The second-order valence-corrected chi connectivity index (χ2v) is 7.69. The second kappa shape index (κ2) is 8.34. The molecule has 0 aliphatic carbocycles. The molecule has 0 N–H and O–H groups in total. The molecule has 0 fully saturated rings. The lowest BCUT2D eigenvalue weighted by Crippen LogP contribution is -2.10. The lowest BCUT2D eigenvalue weighted by atomic mass is 10.2. The number of carbonyl (C=O) groups excluding carboxylic acids is 1. The van der Waals surface area contributed by atoms with E-state index in [-0.39, 0.29) is 16.9 Å². The summed E-state index contributed by atoms with van der Waals surface area (Å²) in [6.07, 6.45) is 0. The Morgan fingerprint density at radius 3 is 2.50 bits per heavy atom. The van der Waals surface area contributed by atoms with Gasteiger partial charge in [0.1, 0.15) is 22.8 Å². The molecule has 3 aromatic carbocycles. The smallest absolute Gasteiger partial charge is 0.343 e. The van der Waals surface area contributed by atoms with Crippen molar-refractivity contribution in [3.63, 3.8) is 0 Å². The zero-order valence-electron chi connectivity index (χ0n) is 15.6. The molecule has 7 heteroatoms. The predicted octanol–water partition coefficient (Wildman–Crippen LogP) is 6.53. The van der Waals surface area contributed by atoms with E-state index < -0.39 is 5.97 Å². The zero-order chi connectivity index (χ0) is 21.3. The molecule has 0 saturated heterocycles. The lowest BCUT2D eigenvalue weighted by Gasteiger charge is -2.11. The van der Waals surface area contributed by atoms with Gasteiger partial charge < -0.3 is 13.9 Å². The average Bonchev–Trinajstić information content (AvgIpc) is 2.72. The molecule has 150 valence electrons. The van der Waals surface area contributed by atoms with Gasteiger partial charge in [0, 0.05) is 11.1 Å². The van der Waals surface area contributed by atoms with Crippen molar-refractivity contribution in [2.45, 2.75) is 6.92 Å². The number of para-hydroxylation sites is 1. The van der Waals surface area contributed by atoms with Crippen molar-refractivity contribution in [3.05, 3.63) is 97.8 Å². The van der Waals surface area contributed by atoms with Crippen molar-refractivity contribution >= 4 is 44.5 Å². The Hall–Kier alpha value is -3.09. The summed E-state index contributed by atoms with van der Waals surface area (Å²) in [5.41, 5.74) is 0.327. The molecule has 0 spiro atoms. The van der Waals surface area contributed by atoms with Crippen LogP contribution >= 0.6 is 27.5 Å². The van der Waals surface area contributed by atoms with Crippen LogP contribution in [-0.2, 0) is 0 Å². The van der Waals surface area contributed by atoms with Crippen LogP contribution in [0.5, 0.6) is 17.2 Å². The number of halogens is 2. The first-order valence-corrected chi connectivity index (χ1v) is 10.1. The highest BCUT2D eigenvalue weighted by Gasteiger charge is 2.16. The standard InChI is InChI=1S/C23H14BrClO5/c1-13-22(30-19-5-3-2-4-18(19)24)21(26)17-11-10-16(12-20(17)28-13)29-23(27)14-6-8-15(25)9-7-14/h2-12H,1H3. The van der Waals surface area contributed by atoms with E-state index in [9.17, 15) is 9.59 Å². The Labute approximate surface area is 184 Å². The molecule has 1 heterocycles.